The third kappa shape index (κ3) is 3.06. The first-order chi connectivity index (χ1) is 9.86. The van der Waals surface area contributed by atoms with Crippen molar-refractivity contribution in [2.24, 2.45) is 0 Å². The molecule has 110 valence electrons. The summed E-state index contributed by atoms with van der Waals surface area (Å²) in [6.45, 7) is 5.83. The SMILES string of the molecule is COc1c(C)cc(Br)c(C)c1C(=O)c1cc(C)ccc1Br. The normalized spacial score (nSPS) is 10.6. The topological polar surface area (TPSA) is 26.3 Å². The minimum absolute atomic E-state index is 0.0377. The van der Waals surface area contributed by atoms with Crippen molar-refractivity contribution >= 4 is 37.6 Å². The average molecular weight is 412 g/mol. The van der Waals surface area contributed by atoms with E-state index in [9.17, 15) is 4.79 Å². The lowest BCUT2D eigenvalue weighted by Crippen LogP contribution is -2.09. The van der Waals surface area contributed by atoms with Crippen molar-refractivity contribution < 1.29 is 9.53 Å². The van der Waals surface area contributed by atoms with Crippen LogP contribution < -0.4 is 4.74 Å². The van der Waals surface area contributed by atoms with Gasteiger partial charge >= 0.3 is 0 Å². The highest BCUT2D eigenvalue weighted by molar-refractivity contribution is 9.10. The van der Waals surface area contributed by atoms with E-state index in [4.69, 9.17) is 4.74 Å². The van der Waals surface area contributed by atoms with Gasteiger partial charge in [-0.3, -0.25) is 4.79 Å². The number of halogens is 2. The second-order valence-electron chi connectivity index (χ2n) is 5.02. The molecule has 0 aromatic heterocycles. The Hall–Kier alpha value is -1.13. The molecule has 21 heavy (non-hydrogen) atoms. The van der Waals surface area contributed by atoms with Gasteiger partial charge in [0.15, 0.2) is 5.78 Å². The van der Waals surface area contributed by atoms with Gasteiger partial charge in [0.2, 0.25) is 0 Å². The molecule has 0 spiro atoms. The molecule has 0 radical (unpaired) electrons. The molecule has 0 fully saturated rings. The maximum absolute atomic E-state index is 13.0. The van der Waals surface area contributed by atoms with Gasteiger partial charge in [-0.1, -0.05) is 43.5 Å². The Morgan fingerprint density at radius 1 is 1.05 bits per heavy atom. The van der Waals surface area contributed by atoms with Gasteiger partial charge in [0.05, 0.1) is 12.7 Å². The second-order valence-corrected chi connectivity index (χ2v) is 6.73. The summed E-state index contributed by atoms with van der Waals surface area (Å²) in [7, 11) is 1.59. The zero-order valence-corrected chi connectivity index (χ0v) is 15.6. The smallest absolute Gasteiger partial charge is 0.198 e. The fraction of sp³-hybridized carbons (Fsp3) is 0.235. The van der Waals surface area contributed by atoms with Crippen LogP contribution in [0.3, 0.4) is 0 Å². The second kappa shape index (κ2) is 6.32. The van der Waals surface area contributed by atoms with Crippen LogP contribution >= 0.6 is 31.9 Å². The van der Waals surface area contributed by atoms with E-state index in [1.165, 1.54) is 0 Å². The van der Waals surface area contributed by atoms with Crippen molar-refractivity contribution in [1.82, 2.24) is 0 Å². The Morgan fingerprint density at radius 3 is 2.33 bits per heavy atom. The van der Waals surface area contributed by atoms with Crippen LogP contribution in [-0.4, -0.2) is 12.9 Å². The van der Waals surface area contributed by atoms with Crippen molar-refractivity contribution in [2.75, 3.05) is 7.11 Å². The molecule has 0 amide bonds. The zero-order chi connectivity index (χ0) is 15.7. The highest BCUT2D eigenvalue weighted by Gasteiger charge is 2.22. The minimum Gasteiger partial charge on any atom is -0.496 e. The zero-order valence-electron chi connectivity index (χ0n) is 12.4. The summed E-state index contributed by atoms with van der Waals surface area (Å²) in [5.74, 6) is 0.596. The summed E-state index contributed by atoms with van der Waals surface area (Å²) in [4.78, 5) is 13.0. The molecule has 0 unspecified atom stereocenters. The molecule has 0 aliphatic carbocycles. The third-order valence-electron chi connectivity index (χ3n) is 3.46. The number of ether oxygens (including phenoxy) is 1. The molecule has 0 aliphatic rings. The van der Waals surface area contributed by atoms with E-state index >= 15 is 0 Å². The summed E-state index contributed by atoms with van der Waals surface area (Å²) in [6.07, 6.45) is 0. The Kier molecular flexibility index (Phi) is 4.89. The van der Waals surface area contributed by atoms with Gasteiger partial charge in [0.1, 0.15) is 5.75 Å². The lowest BCUT2D eigenvalue weighted by atomic mass is 9.95. The Morgan fingerprint density at radius 2 is 1.71 bits per heavy atom. The molecule has 2 nitrogen and oxygen atoms in total. The van der Waals surface area contributed by atoms with Gasteiger partial charge in [0, 0.05) is 14.5 Å². The first kappa shape index (κ1) is 16.2. The molecule has 0 aliphatic heterocycles. The Bertz CT molecular complexity index is 721. The molecule has 0 saturated carbocycles. The quantitative estimate of drug-likeness (QED) is 0.634. The molecule has 0 saturated heterocycles. The lowest BCUT2D eigenvalue weighted by molar-refractivity contribution is 0.103. The maximum Gasteiger partial charge on any atom is 0.198 e. The van der Waals surface area contributed by atoms with Crippen molar-refractivity contribution in [1.29, 1.82) is 0 Å². The first-order valence-corrected chi connectivity index (χ1v) is 8.10. The van der Waals surface area contributed by atoms with Crippen LogP contribution in [0, 0.1) is 20.8 Å². The van der Waals surface area contributed by atoms with Crippen molar-refractivity contribution in [3.63, 3.8) is 0 Å². The van der Waals surface area contributed by atoms with Crippen LogP contribution in [0.4, 0.5) is 0 Å². The van der Waals surface area contributed by atoms with E-state index in [0.717, 1.165) is 25.6 Å². The predicted molar refractivity (Wildman–Crippen MR) is 92.5 cm³/mol. The fourth-order valence-electron chi connectivity index (χ4n) is 2.34. The van der Waals surface area contributed by atoms with Gasteiger partial charge in [-0.15, -0.1) is 0 Å². The predicted octanol–water partition coefficient (Wildman–Crippen LogP) is 5.38. The number of rotatable bonds is 3. The first-order valence-electron chi connectivity index (χ1n) is 6.51. The van der Waals surface area contributed by atoms with E-state index in [1.807, 2.05) is 45.0 Å². The molecule has 2 rings (SSSR count). The monoisotopic (exact) mass is 410 g/mol. The highest BCUT2D eigenvalue weighted by atomic mass is 79.9. The Labute approximate surface area is 141 Å². The van der Waals surface area contributed by atoms with E-state index in [1.54, 1.807) is 7.11 Å². The maximum atomic E-state index is 13.0. The van der Waals surface area contributed by atoms with E-state index < -0.39 is 0 Å². The van der Waals surface area contributed by atoms with Crippen LogP contribution in [0.5, 0.6) is 5.75 Å². The molecule has 0 heterocycles. The largest absolute Gasteiger partial charge is 0.496 e. The number of carbonyl (C=O) groups is 1. The third-order valence-corrected chi connectivity index (χ3v) is 4.97. The van der Waals surface area contributed by atoms with Crippen molar-refractivity contribution in [2.45, 2.75) is 20.8 Å². The fourth-order valence-corrected chi connectivity index (χ4v) is 3.30. The summed E-state index contributed by atoms with van der Waals surface area (Å²) < 4.78 is 7.17. The molecule has 2 aromatic carbocycles. The van der Waals surface area contributed by atoms with Crippen LogP contribution in [0.15, 0.2) is 33.2 Å². The lowest BCUT2D eigenvalue weighted by Gasteiger charge is -2.16. The summed E-state index contributed by atoms with van der Waals surface area (Å²) in [5, 5.41) is 0. The number of hydrogen-bond donors (Lipinski definition) is 0. The van der Waals surface area contributed by atoms with Crippen molar-refractivity contribution in [3.8, 4) is 5.75 Å². The number of benzene rings is 2. The number of methoxy groups -OCH3 is 1. The molecule has 0 bridgehead atoms. The molecule has 0 N–H and O–H groups in total. The van der Waals surface area contributed by atoms with E-state index in [-0.39, 0.29) is 5.78 Å². The molecule has 4 heteroatoms. The van der Waals surface area contributed by atoms with E-state index in [0.29, 0.717) is 16.9 Å². The van der Waals surface area contributed by atoms with Gasteiger partial charge in [-0.25, -0.2) is 0 Å². The van der Waals surface area contributed by atoms with E-state index in [2.05, 4.69) is 31.9 Å². The number of hydrogen-bond acceptors (Lipinski definition) is 2. The molecule has 2 aromatic rings. The summed E-state index contributed by atoms with van der Waals surface area (Å²) >= 11 is 6.98. The minimum atomic E-state index is -0.0377. The molecule has 0 atom stereocenters. The number of ketones is 1. The molecular weight excluding hydrogens is 396 g/mol. The van der Waals surface area contributed by atoms with Gasteiger partial charge in [-0.2, -0.15) is 0 Å². The van der Waals surface area contributed by atoms with Crippen LogP contribution in [0.25, 0.3) is 0 Å². The highest BCUT2D eigenvalue weighted by Crippen LogP contribution is 2.35. The van der Waals surface area contributed by atoms with Crippen LogP contribution in [-0.2, 0) is 0 Å². The van der Waals surface area contributed by atoms with Crippen molar-refractivity contribution in [3.05, 3.63) is 61.0 Å². The Balaban J connectivity index is 2.71. The summed E-state index contributed by atoms with van der Waals surface area (Å²) in [5.41, 5.74) is 4.12. The van der Waals surface area contributed by atoms with Gasteiger partial charge < -0.3 is 4.74 Å². The van der Waals surface area contributed by atoms with Gasteiger partial charge in [-0.05, 0) is 50.1 Å². The average Bonchev–Trinajstić information content (AvgIpc) is 2.44. The summed E-state index contributed by atoms with van der Waals surface area (Å²) in [6, 6.07) is 7.73. The molecular formula is C17H16Br2O2. The number of carbonyl (C=O) groups excluding carboxylic acids is 1. The van der Waals surface area contributed by atoms with Gasteiger partial charge in [0.25, 0.3) is 0 Å². The van der Waals surface area contributed by atoms with Crippen LogP contribution in [0.2, 0.25) is 0 Å². The number of aryl methyl sites for hydroxylation is 2. The van der Waals surface area contributed by atoms with Crippen LogP contribution in [0.1, 0.15) is 32.6 Å². The standard InChI is InChI=1S/C17H16Br2O2/c1-9-5-6-13(18)12(7-9)16(20)15-11(3)14(19)8-10(2)17(15)21-4/h5-8H,1-4H3.